The molecule has 1 aliphatic heterocycles. The van der Waals surface area contributed by atoms with Gasteiger partial charge in [0, 0.05) is 35.4 Å². The van der Waals surface area contributed by atoms with Gasteiger partial charge >= 0.3 is 12.4 Å². The fourth-order valence-electron chi connectivity index (χ4n) is 4.94. The van der Waals surface area contributed by atoms with Crippen LogP contribution in [0.1, 0.15) is 54.8 Å². The van der Waals surface area contributed by atoms with Crippen molar-refractivity contribution >= 4 is 10.9 Å². The molecule has 3 heterocycles. The number of pyridine rings is 2. The number of fused-ring (bicyclic) bond motifs is 1. The quantitative estimate of drug-likeness (QED) is 0.359. The highest BCUT2D eigenvalue weighted by Crippen LogP contribution is 2.59. The van der Waals surface area contributed by atoms with Gasteiger partial charge in [-0.25, -0.2) is 13.2 Å². The molecule has 3 aromatic rings. The molecule has 1 fully saturated rings. The van der Waals surface area contributed by atoms with Gasteiger partial charge in [-0.3, -0.25) is 9.78 Å². The van der Waals surface area contributed by atoms with Crippen LogP contribution in [0.4, 0.5) is 39.5 Å². The van der Waals surface area contributed by atoms with Crippen molar-refractivity contribution < 1.29 is 49.0 Å². The van der Waals surface area contributed by atoms with Crippen LogP contribution in [-0.4, -0.2) is 28.9 Å². The first-order valence-corrected chi connectivity index (χ1v) is 11.0. The molecule has 0 unspecified atom stereocenters. The Bertz CT molecular complexity index is 1430. The van der Waals surface area contributed by atoms with E-state index in [0.717, 1.165) is 39.3 Å². The molecule has 0 saturated carbocycles. The van der Waals surface area contributed by atoms with Gasteiger partial charge in [-0.05, 0) is 19.1 Å². The predicted octanol–water partition coefficient (Wildman–Crippen LogP) is 6.84. The smallest absolute Gasteiger partial charge is 0.434 e. The number of nitrogens with one attached hydrogen (secondary N) is 1. The molecule has 14 heteroatoms. The van der Waals surface area contributed by atoms with Crippen molar-refractivity contribution in [3.8, 4) is 5.75 Å². The summed E-state index contributed by atoms with van der Waals surface area (Å²) in [7, 11) is 0.937. The summed E-state index contributed by atoms with van der Waals surface area (Å²) in [5, 5.41) is -0.843. The lowest BCUT2D eigenvalue weighted by Crippen LogP contribution is -2.46. The van der Waals surface area contributed by atoms with E-state index in [9.17, 15) is 44.3 Å². The van der Waals surface area contributed by atoms with E-state index in [4.69, 9.17) is 9.47 Å². The maximum Gasteiger partial charge on any atom is 0.434 e. The van der Waals surface area contributed by atoms with Crippen molar-refractivity contribution in [3.63, 3.8) is 0 Å². The highest BCUT2D eigenvalue weighted by molar-refractivity contribution is 5.81. The summed E-state index contributed by atoms with van der Waals surface area (Å²) in [5.74, 6) is -5.02. The lowest BCUT2D eigenvalue weighted by atomic mass is 9.76. The molecule has 38 heavy (non-hydrogen) atoms. The molecule has 0 spiro atoms. The van der Waals surface area contributed by atoms with Crippen LogP contribution in [0.5, 0.6) is 5.75 Å². The number of hydrogen-bond acceptors (Lipinski definition) is 4. The molecule has 0 aliphatic carbocycles. The van der Waals surface area contributed by atoms with Crippen LogP contribution in [0.25, 0.3) is 10.9 Å². The molecule has 0 radical (unpaired) electrons. The Morgan fingerprint density at radius 1 is 1.13 bits per heavy atom. The molecule has 1 aliphatic rings. The topological polar surface area (TPSA) is 64.2 Å². The van der Waals surface area contributed by atoms with E-state index in [1.165, 1.54) is 0 Å². The minimum atomic E-state index is -5.00. The van der Waals surface area contributed by atoms with E-state index >= 15 is 0 Å². The third-order valence-electron chi connectivity index (χ3n) is 6.96. The van der Waals surface area contributed by atoms with Crippen molar-refractivity contribution in [2.75, 3.05) is 7.11 Å². The molecule has 2 aromatic heterocycles. The van der Waals surface area contributed by atoms with Gasteiger partial charge in [0.05, 0.1) is 23.6 Å². The van der Waals surface area contributed by atoms with Crippen LogP contribution in [0, 0.1) is 11.7 Å². The number of halogens is 9. The maximum absolute atomic E-state index is 14.3. The van der Waals surface area contributed by atoms with Gasteiger partial charge in [-0.1, -0.05) is 13.0 Å². The molecule has 0 bridgehead atoms. The summed E-state index contributed by atoms with van der Waals surface area (Å²) >= 11 is 0. The number of nitrogens with zero attached hydrogens (tertiary/aromatic N) is 1. The largest absolute Gasteiger partial charge is 0.496 e. The van der Waals surface area contributed by atoms with Crippen molar-refractivity contribution in [1.82, 2.24) is 9.97 Å². The maximum atomic E-state index is 14.3. The zero-order valence-corrected chi connectivity index (χ0v) is 19.8. The number of ether oxygens (including phenoxy) is 2. The summed E-state index contributed by atoms with van der Waals surface area (Å²) in [6.45, 7) is 1.85. The minimum absolute atomic E-state index is 0.263. The lowest BCUT2D eigenvalue weighted by Gasteiger charge is -2.32. The number of aromatic amines is 1. The van der Waals surface area contributed by atoms with Crippen LogP contribution >= 0.6 is 0 Å². The van der Waals surface area contributed by atoms with Gasteiger partial charge in [0.25, 0.3) is 6.43 Å². The number of rotatable bonds is 4. The van der Waals surface area contributed by atoms with Crippen LogP contribution in [-0.2, 0) is 10.9 Å². The fourth-order valence-corrected chi connectivity index (χ4v) is 4.94. The summed E-state index contributed by atoms with van der Waals surface area (Å²) in [5.41, 5.74) is -7.77. The molecule has 0 amide bonds. The number of alkyl halides is 8. The van der Waals surface area contributed by atoms with Crippen LogP contribution in [0.15, 0.2) is 35.3 Å². The molecular formula is C24H19F9N2O3. The van der Waals surface area contributed by atoms with Crippen LogP contribution < -0.4 is 10.2 Å². The molecule has 5 nitrogen and oxygen atoms in total. The van der Waals surface area contributed by atoms with Crippen molar-refractivity contribution in [2.45, 2.75) is 50.2 Å². The standard InChI is InChI=1S/C24H19F9N2O3/c1-9-15(10-4-5-11(25)16(21(26)27)18(10)37-3)19(38-22(9,2)24(31,32)33)13-8-14(36)17-12(35-13)6-7-34-20(17)23(28,29)30/h4-9,15,19,21H,1-3H3,(H,35,36)/t9-,15-,19-,22+/m1/s1. The third-order valence-corrected chi connectivity index (χ3v) is 6.96. The van der Waals surface area contributed by atoms with Crippen molar-refractivity contribution in [2.24, 2.45) is 5.92 Å². The summed E-state index contributed by atoms with van der Waals surface area (Å²) < 4.78 is 135. The summed E-state index contributed by atoms with van der Waals surface area (Å²) in [4.78, 5) is 18.5. The Morgan fingerprint density at radius 2 is 1.79 bits per heavy atom. The first-order chi connectivity index (χ1) is 17.5. The lowest BCUT2D eigenvalue weighted by molar-refractivity contribution is -0.275. The summed E-state index contributed by atoms with van der Waals surface area (Å²) in [6.07, 6.45) is -14.3. The van der Waals surface area contributed by atoms with E-state index in [1.54, 1.807) is 0 Å². The van der Waals surface area contributed by atoms with Crippen molar-refractivity contribution in [3.05, 3.63) is 69.0 Å². The van der Waals surface area contributed by atoms with E-state index in [-0.39, 0.29) is 16.8 Å². The number of H-pyrrole nitrogens is 1. The monoisotopic (exact) mass is 554 g/mol. The van der Waals surface area contributed by atoms with Crippen LogP contribution in [0.2, 0.25) is 0 Å². The Kier molecular flexibility index (Phi) is 6.69. The van der Waals surface area contributed by atoms with Crippen LogP contribution in [0.3, 0.4) is 0 Å². The Labute approximate surface area is 208 Å². The van der Waals surface area contributed by atoms with Gasteiger partial charge in [-0.2, -0.15) is 26.3 Å². The molecule has 4 rings (SSSR count). The van der Waals surface area contributed by atoms with Gasteiger partial charge in [0.1, 0.15) is 17.7 Å². The number of hydrogen-bond donors (Lipinski definition) is 1. The fraction of sp³-hybridized carbons (Fsp3) is 0.417. The Morgan fingerprint density at radius 3 is 2.34 bits per heavy atom. The second kappa shape index (κ2) is 9.17. The SMILES string of the molecule is COc1c([C@@H]2[C@@H](c3cc(=O)c4c(C(F)(F)F)nccc4[nH]3)O[C@](C)(C(F)(F)F)[C@@H]2C)ccc(F)c1C(F)F. The van der Waals surface area contributed by atoms with Gasteiger partial charge in [-0.15, -0.1) is 0 Å². The highest BCUT2D eigenvalue weighted by atomic mass is 19.4. The minimum Gasteiger partial charge on any atom is -0.496 e. The van der Waals surface area contributed by atoms with Gasteiger partial charge in [0.15, 0.2) is 16.7 Å². The van der Waals surface area contributed by atoms with E-state index in [2.05, 4.69) is 9.97 Å². The molecule has 1 aromatic carbocycles. The molecule has 4 atom stereocenters. The normalized spacial score (nSPS) is 24.4. The van der Waals surface area contributed by atoms with Crippen molar-refractivity contribution in [1.29, 1.82) is 0 Å². The zero-order chi connectivity index (χ0) is 28.4. The van der Waals surface area contributed by atoms with E-state index in [1.807, 2.05) is 0 Å². The third kappa shape index (κ3) is 4.28. The van der Waals surface area contributed by atoms with Gasteiger partial charge in [0.2, 0.25) is 0 Å². The molecule has 1 saturated heterocycles. The summed E-state index contributed by atoms with van der Waals surface area (Å²) in [6, 6.07) is 3.30. The molecule has 206 valence electrons. The number of aromatic nitrogens is 2. The van der Waals surface area contributed by atoms with E-state index in [0.29, 0.717) is 12.1 Å². The molecule has 1 N–H and O–H groups in total. The highest BCUT2D eigenvalue weighted by Gasteiger charge is 2.65. The second-order valence-electron chi connectivity index (χ2n) is 9.01. The molecular weight excluding hydrogens is 535 g/mol. The van der Waals surface area contributed by atoms with E-state index < -0.39 is 76.0 Å². The predicted molar refractivity (Wildman–Crippen MR) is 115 cm³/mol. The Hall–Kier alpha value is -3.29. The first kappa shape index (κ1) is 27.7. The second-order valence-corrected chi connectivity index (χ2v) is 9.01. The first-order valence-electron chi connectivity index (χ1n) is 11.0. The number of benzene rings is 1. The Balaban J connectivity index is 2.00. The zero-order valence-electron chi connectivity index (χ0n) is 19.8. The number of methoxy groups -OCH3 is 1. The average molecular weight is 554 g/mol. The van der Waals surface area contributed by atoms with Gasteiger partial charge < -0.3 is 14.5 Å². The average Bonchev–Trinajstić information content (AvgIpc) is 3.09.